The molecule has 0 aliphatic carbocycles. The zero-order valence-electron chi connectivity index (χ0n) is 9.02. The number of hydrogen-bond donors (Lipinski definition) is 3. The molecule has 3 nitrogen and oxygen atoms in total. The normalized spacial score (nSPS) is 9.79. The average Bonchev–Trinajstić information content (AvgIpc) is 2.21. The summed E-state index contributed by atoms with van der Waals surface area (Å²) in [5, 5.41) is 6.65. The van der Waals surface area contributed by atoms with Gasteiger partial charge in [-0.1, -0.05) is 6.58 Å². The van der Waals surface area contributed by atoms with E-state index in [4.69, 9.17) is 5.73 Å². The van der Waals surface area contributed by atoms with Crippen LogP contribution in [0.1, 0.15) is 19.3 Å². The van der Waals surface area contributed by atoms with E-state index in [9.17, 15) is 0 Å². The molecule has 0 spiro atoms. The standard InChI is InChI=1S/C11H23N3/c1-2-3-8-13-10-6-11-14-9-5-4-7-12/h3,13-14H,1,4-12H2. The molecule has 0 unspecified atom stereocenters. The molecule has 0 heterocycles. The maximum absolute atomic E-state index is 5.39. The van der Waals surface area contributed by atoms with Crippen LogP contribution in [-0.2, 0) is 0 Å². The van der Waals surface area contributed by atoms with E-state index in [2.05, 4.69) is 22.9 Å². The molecular weight excluding hydrogens is 174 g/mol. The summed E-state index contributed by atoms with van der Waals surface area (Å²) in [4.78, 5) is 0. The topological polar surface area (TPSA) is 50.1 Å². The van der Waals surface area contributed by atoms with Gasteiger partial charge in [0.05, 0.1) is 0 Å². The van der Waals surface area contributed by atoms with E-state index >= 15 is 0 Å². The maximum Gasteiger partial charge on any atom is 0.0209 e. The van der Waals surface area contributed by atoms with Crippen molar-refractivity contribution in [3.8, 4) is 0 Å². The van der Waals surface area contributed by atoms with Gasteiger partial charge >= 0.3 is 0 Å². The number of hydrogen-bond acceptors (Lipinski definition) is 3. The van der Waals surface area contributed by atoms with Crippen LogP contribution in [0.25, 0.3) is 0 Å². The van der Waals surface area contributed by atoms with Crippen LogP contribution in [0.2, 0.25) is 0 Å². The first-order valence-electron chi connectivity index (χ1n) is 5.37. The lowest BCUT2D eigenvalue weighted by molar-refractivity contribution is 0.588. The molecule has 0 aliphatic rings. The minimum absolute atomic E-state index is 0.803. The fraction of sp³-hybridized carbons (Fsp3) is 0.727. The summed E-state index contributed by atoms with van der Waals surface area (Å²) in [7, 11) is 0. The zero-order valence-corrected chi connectivity index (χ0v) is 9.02. The van der Waals surface area contributed by atoms with Gasteiger partial charge in [0.1, 0.15) is 0 Å². The molecule has 0 radical (unpaired) electrons. The first-order chi connectivity index (χ1) is 6.91. The summed E-state index contributed by atoms with van der Waals surface area (Å²) in [5.41, 5.74) is 8.11. The smallest absolute Gasteiger partial charge is 0.0209 e. The van der Waals surface area contributed by atoms with Crippen LogP contribution < -0.4 is 16.4 Å². The Kier molecular flexibility index (Phi) is 11.9. The molecule has 0 atom stereocenters. The molecule has 0 saturated heterocycles. The molecule has 3 heteroatoms. The van der Waals surface area contributed by atoms with Gasteiger partial charge in [-0.15, -0.1) is 5.73 Å². The van der Waals surface area contributed by atoms with E-state index in [0.717, 1.165) is 45.6 Å². The van der Waals surface area contributed by atoms with Gasteiger partial charge in [0, 0.05) is 6.54 Å². The summed E-state index contributed by atoms with van der Waals surface area (Å²) in [6.45, 7) is 8.38. The Morgan fingerprint density at radius 3 is 2.50 bits per heavy atom. The lowest BCUT2D eigenvalue weighted by Gasteiger charge is -2.04. The molecule has 0 aromatic heterocycles. The molecule has 0 rings (SSSR count). The Morgan fingerprint density at radius 2 is 1.79 bits per heavy atom. The quantitative estimate of drug-likeness (QED) is 0.356. The van der Waals surface area contributed by atoms with Crippen LogP contribution >= 0.6 is 0 Å². The molecule has 0 aromatic carbocycles. The van der Waals surface area contributed by atoms with Crippen molar-refractivity contribution in [2.45, 2.75) is 19.3 Å². The average molecular weight is 197 g/mol. The summed E-state index contributed by atoms with van der Waals surface area (Å²) < 4.78 is 0. The summed E-state index contributed by atoms with van der Waals surface area (Å²) in [5.74, 6) is 0. The van der Waals surface area contributed by atoms with Crippen LogP contribution in [0.4, 0.5) is 0 Å². The van der Waals surface area contributed by atoms with E-state index in [1.807, 2.05) is 6.08 Å². The first-order valence-corrected chi connectivity index (χ1v) is 5.37. The van der Waals surface area contributed by atoms with Gasteiger partial charge in [-0.25, -0.2) is 0 Å². The Labute approximate surface area is 87.4 Å². The second kappa shape index (κ2) is 12.4. The van der Waals surface area contributed by atoms with E-state index in [0.29, 0.717) is 0 Å². The number of nitrogens with one attached hydrogen (secondary N) is 2. The van der Waals surface area contributed by atoms with Crippen molar-refractivity contribution in [1.29, 1.82) is 0 Å². The maximum atomic E-state index is 5.39. The van der Waals surface area contributed by atoms with Crippen molar-refractivity contribution in [3.63, 3.8) is 0 Å². The van der Waals surface area contributed by atoms with Crippen molar-refractivity contribution in [3.05, 3.63) is 18.4 Å². The predicted molar refractivity (Wildman–Crippen MR) is 62.4 cm³/mol. The minimum Gasteiger partial charge on any atom is -0.330 e. The first kappa shape index (κ1) is 13.4. The number of unbranched alkanes of at least 4 members (excludes halogenated alkanes) is 1. The second-order valence-corrected chi connectivity index (χ2v) is 3.21. The highest BCUT2D eigenvalue weighted by molar-refractivity contribution is 4.77. The van der Waals surface area contributed by atoms with Crippen molar-refractivity contribution in [2.24, 2.45) is 5.73 Å². The molecule has 0 aromatic rings. The SMILES string of the molecule is C=C=CCNCCCNCCCCN. The van der Waals surface area contributed by atoms with Gasteiger partial charge in [0.25, 0.3) is 0 Å². The third-order valence-corrected chi connectivity index (χ3v) is 1.91. The molecule has 82 valence electrons. The van der Waals surface area contributed by atoms with Crippen LogP contribution in [0, 0.1) is 0 Å². The largest absolute Gasteiger partial charge is 0.330 e. The van der Waals surface area contributed by atoms with Gasteiger partial charge in [-0.2, -0.15) is 0 Å². The predicted octanol–water partition coefficient (Wildman–Crippen LogP) is 0.636. The van der Waals surface area contributed by atoms with E-state index < -0.39 is 0 Å². The lowest BCUT2D eigenvalue weighted by atomic mass is 10.3. The van der Waals surface area contributed by atoms with Gasteiger partial charge in [-0.05, 0) is 51.5 Å². The van der Waals surface area contributed by atoms with Crippen molar-refractivity contribution >= 4 is 0 Å². The molecule has 0 bridgehead atoms. The van der Waals surface area contributed by atoms with Crippen LogP contribution in [0.3, 0.4) is 0 Å². The molecule has 0 saturated carbocycles. The monoisotopic (exact) mass is 197 g/mol. The minimum atomic E-state index is 0.803. The highest BCUT2D eigenvalue weighted by atomic mass is 14.9. The third-order valence-electron chi connectivity index (χ3n) is 1.91. The van der Waals surface area contributed by atoms with Crippen molar-refractivity contribution in [1.82, 2.24) is 10.6 Å². The van der Waals surface area contributed by atoms with Gasteiger partial charge in [-0.3, -0.25) is 0 Å². The second-order valence-electron chi connectivity index (χ2n) is 3.21. The highest BCUT2D eigenvalue weighted by Gasteiger charge is 1.88. The highest BCUT2D eigenvalue weighted by Crippen LogP contribution is 1.82. The fourth-order valence-corrected chi connectivity index (χ4v) is 1.10. The van der Waals surface area contributed by atoms with Gasteiger partial charge in [0.2, 0.25) is 0 Å². The summed E-state index contributed by atoms with van der Waals surface area (Å²) >= 11 is 0. The Bertz CT molecular complexity index is 151. The molecule has 0 amide bonds. The molecule has 14 heavy (non-hydrogen) atoms. The van der Waals surface area contributed by atoms with Gasteiger partial charge < -0.3 is 16.4 Å². The molecular formula is C11H23N3. The van der Waals surface area contributed by atoms with Gasteiger partial charge in [0.15, 0.2) is 0 Å². The lowest BCUT2D eigenvalue weighted by Crippen LogP contribution is -2.23. The van der Waals surface area contributed by atoms with E-state index in [1.54, 1.807) is 0 Å². The van der Waals surface area contributed by atoms with Crippen LogP contribution in [0.5, 0.6) is 0 Å². The summed E-state index contributed by atoms with van der Waals surface area (Å²) in [6, 6.07) is 0. The molecule has 0 fully saturated rings. The fourth-order valence-electron chi connectivity index (χ4n) is 1.10. The molecule has 4 N–H and O–H groups in total. The summed E-state index contributed by atoms with van der Waals surface area (Å²) in [6.07, 6.45) is 5.36. The Hall–Kier alpha value is -0.600. The molecule has 0 aliphatic heterocycles. The van der Waals surface area contributed by atoms with Crippen LogP contribution in [-0.4, -0.2) is 32.7 Å². The zero-order chi connectivity index (χ0) is 10.5. The third kappa shape index (κ3) is 11.4. The Balaban J connectivity index is 2.88. The van der Waals surface area contributed by atoms with E-state index in [-0.39, 0.29) is 0 Å². The van der Waals surface area contributed by atoms with E-state index in [1.165, 1.54) is 6.42 Å². The van der Waals surface area contributed by atoms with Crippen molar-refractivity contribution < 1.29 is 0 Å². The van der Waals surface area contributed by atoms with Crippen molar-refractivity contribution in [2.75, 3.05) is 32.7 Å². The number of nitrogens with two attached hydrogens (primary N) is 1. The Morgan fingerprint density at radius 1 is 1.07 bits per heavy atom. The number of rotatable bonds is 10. The van der Waals surface area contributed by atoms with Crippen LogP contribution in [0.15, 0.2) is 18.4 Å².